The number of hydrogen-bond acceptors (Lipinski definition) is 5. The van der Waals surface area contributed by atoms with Gasteiger partial charge < -0.3 is 14.8 Å². The number of benzene rings is 1. The first-order valence-corrected chi connectivity index (χ1v) is 5.81. The number of aromatic nitrogens is 2. The molecule has 1 heterocycles. The summed E-state index contributed by atoms with van der Waals surface area (Å²) in [6, 6.07) is 7.78. The van der Waals surface area contributed by atoms with Crippen molar-refractivity contribution >= 4 is 16.9 Å². The number of fused-ring (bicyclic) bond motifs is 1. The summed E-state index contributed by atoms with van der Waals surface area (Å²) >= 11 is 0. The fraction of sp³-hybridized carbons (Fsp3) is 0.385. The zero-order valence-electron chi connectivity index (χ0n) is 10.6. The Labute approximate surface area is 106 Å². The van der Waals surface area contributed by atoms with Gasteiger partial charge in [-0.3, -0.25) is 4.98 Å². The molecule has 0 spiro atoms. The number of hydrogen-bond donors (Lipinski definition) is 1. The summed E-state index contributed by atoms with van der Waals surface area (Å²) < 4.78 is 10.3. The molecule has 18 heavy (non-hydrogen) atoms. The van der Waals surface area contributed by atoms with Crippen LogP contribution in [-0.4, -0.2) is 43.4 Å². The zero-order chi connectivity index (χ0) is 12.8. The molecule has 0 saturated heterocycles. The van der Waals surface area contributed by atoms with Crippen molar-refractivity contribution in [2.45, 2.75) is 6.10 Å². The summed E-state index contributed by atoms with van der Waals surface area (Å²) in [5.74, 6) is 0.742. The van der Waals surface area contributed by atoms with Gasteiger partial charge in [0.15, 0.2) is 0 Å². The first-order valence-electron chi connectivity index (χ1n) is 5.81. The molecule has 1 N–H and O–H groups in total. The van der Waals surface area contributed by atoms with Crippen molar-refractivity contribution in [1.29, 1.82) is 0 Å². The summed E-state index contributed by atoms with van der Waals surface area (Å²) in [5.41, 5.74) is 1.77. The van der Waals surface area contributed by atoms with Crippen molar-refractivity contribution in [2.75, 3.05) is 32.7 Å². The Morgan fingerprint density at radius 3 is 2.72 bits per heavy atom. The highest BCUT2D eigenvalue weighted by molar-refractivity contribution is 5.75. The number of methoxy groups -OCH3 is 2. The van der Waals surface area contributed by atoms with Crippen LogP contribution < -0.4 is 5.32 Å². The highest BCUT2D eigenvalue weighted by Gasteiger charge is 2.07. The molecule has 1 atom stereocenters. The van der Waals surface area contributed by atoms with Crippen LogP contribution in [0.3, 0.4) is 0 Å². The highest BCUT2D eigenvalue weighted by atomic mass is 16.5. The summed E-state index contributed by atoms with van der Waals surface area (Å²) in [7, 11) is 3.32. The Hall–Kier alpha value is -1.72. The minimum atomic E-state index is 0.00303. The van der Waals surface area contributed by atoms with Gasteiger partial charge in [0.2, 0.25) is 0 Å². The smallest absolute Gasteiger partial charge is 0.145 e. The summed E-state index contributed by atoms with van der Waals surface area (Å²) in [4.78, 5) is 8.81. The van der Waals surface area contributed by atoms with Gasteiger partial charge >= 0.3 is 0 Å². The first kappa shape index (κ1) is 12.7. The van der Waals surface area contributed by atoms with Gasteiger partial charge in [0.05, 0.1) is 29.9 Å². The molecule has 0 saturated carbocycles. The SMILES string of the molecule is COCC(CNc1cnc2ccccc2n1)OC. The van der Waals surface area contributed by atoms with Crippen LogP contribution in [0, 0.1) is 0 Å². The molecule has 0 bridgehead atoms. The second-order valence-electron chi connectivity index (χ2n) is 3.94. The Morgan fingerprint density at radius 2 is 2.00 bits per heavy atom. The van der Waals surface area contributed by atoms with E-state index in [0.29, 0.717) is 13.2 Å². The van der Waals surface area contributed by atoms with E-state index in [2.05, 4.69) is 15.3 Å². The zero-order valence-corrected chi connectivity index (χ0v) is 10.6. The van der Waals surface area contributed by atoms with E-state index in [1.807, 2.05) is 24.3 Å². The Morgan fingerprint density at radius 1 is 1.22 bits per heavy atom. The van der Waals surface area contributed by atoms with Gasteiger partial charge in [-0.1, -0.05) is 12.1 Å². The number of nitrogens with one attached hydrogen (secondary N) is 1. The standard InChI is InChI=1S/C13H17N3O2/c1-17-9-10(18-2)7-15-13-8-14-11-5-3-4-6-12(11)16-13/h3-6,8,10H,7,9H2,1-2H3,(H,15,16). The van der Waals surface area contributed by atoms with Gasteiger partial charge in [0.25, 0.3) is 0 Å². The molecular formula is C13H17N3O2. The Balaban J connectivity index is 2.03. The number of nitrogens with zero attached hydrogens (tertiary/aromatic N) is 2. The lowest BCUT2D eigenvalue weighted by Crippen LogP contribution is -2.26. The molecular weight excluding hydrogens is 230 g/mol. The van der Waals surface area contributed by atoms with Gasteiger partial charge in [0.1, 0.15) is 5.82 Å². The molecule has 5 heteroatoms. The van der Waals surface area contributed by atoms with Gasteiger partial charge in [0, 0.05) is 20.8 Å². The monoisotopic (exact) mass is 247 g/mol. The van der Waals surface area contributed by atoms with E-state index in [1.54, 1.807) is 20.4 Å². The predicted octanol–water partition coefficient (Wildman–Crippen LogP) is 1.70. The second kappa shape index (κ2) is 6.28. The quantitative estimate of drug-likeness (QED) is 0.842. The van der Waals surface area contributed by atoms with Crippen molar-refractivity contribution in [3.63, 3.8) is 0 Å². The second-order valence-corrected chi connectivity index (χ2v) is 3.94. The molecule has 0 radical (unpaired) electrons. The average molecular weight is 247 g/mol. The van der Waals surface area contributed by atoms with Crippen LogP contribution in [0.15, 0.2) is 30.5 Å². The molecule has 0 fully saturated rings. The minimum absolute atomic E-state index is 0.00303. The van der Waals surface area contributed by atoms with Gasteiger partial charge in [-0.05, 0) is 12.1 Å². The van der Waals surface area contributed by atoms with E-state index < -0.39 is 0 Å². The molecule has 96 valence electrons. The fourth-order valence-corrected chi connectivity index (χ4v) is 1.66. The third-order valence-corrected chi connectivity index (χ3v) is 2.65. The van der Waals surface area contributed by atoms with Crippen LogP contribution in [0.5, 0.6) is 0 Å². The predicted molar refractivity (Wildman–Crippen MR) is 70.7 cm³/mol. The van der Waals surface area contributed by atoms with Crippen LogP contribution >= 0.6 is 0 Å². The number of anilines is 1. The molecule has 1 aromatic carbocycles. The van der Waals surface area contributed by atoms with E-state index in [-0.39, 0.29) is 6.10 Å². The first-order chi connectivity index (χ1) is 8.83. The molecule has 5 nitrogen and oxygen atoms in total. The average Bonchev–Trinajstić information content (AvgIpc) is 2.43. The van der Waals surface area contributed by atoms with E-state index in [0.717, 1.165) is 16.9 Å². The van der Waals surface area contributed by atoms with Crippen molar-refractivity contribution < 1.29 is 9.47 Å². The highest BCUT2D eigenvalue weighted by Crippen LogP contribution is 2.11. The van der Waals surface area contributed by atoms with Crippen LogP contribution in [0.4, 0.5) is 5.82 Å². The van der Waals surface area contributed by atoms with E-state index in [4.69, 9.17) is 9.47 Å². The minimum Gasteiger partial charge on any atom is -0.382 e. The normalized spacial score (nSPS) is 12.6. The summed E-state index contributed by atoms with van der Waals surface area (Å²) in [6.45, 7) is 1.18. The van der Waals surface area contributed by atoms with Crippen molar-refractivity contribution in [3.8, 4) is 0 Å². The van der Waals surface area contributed by atoms with E-state index >= 15 is 0 Å². The molecule has 2 aromatic rings. The number of para-hydroxylation sites is 2. The third kappa shape index (κ3) is 3.15. The molecule has 0 aliphatic rings. The Bertz CT molecular complexity index is 504. The maximum atomic E-state index is 5.26. The van der Waals surface area contributed by atoms with Gasteiger partial charge in [-0.25, -0.2) is 4.98 Å². The van der Waals surface area contributed by atoms with Crippen LogP contribution in [0.2, 0.25) is 0 Å². The molecule has 1 unspecified atom stereocenters. The van der Waals surface area contributed by atoms with Crippen LogP contribution in [0.25, 0.3) is 11.0 Å². The molecule has 1 aromatic heterocycles. The number of rotatable bonds is 6. The van der Waals surface area contributed by atoms with Gasteiger partial charge in [-0.2, -0.15) is 0 Å². The van der Waals surface area contributed by atoms with Crippen molar-refractivity contribution in [3.05, 3.63) is 30.5 Å². The molecule has 2 rings (SSSR count). The van der Waals surface area contributed by atoms with E-state index in [1.165, 1.54) is 0 Å². The number of ether oxygens (including phenoxy) is 2. The van der Waals surface area contributed by atoms with Crippen LogP contribution in [0.1, 0.15) is 0 Å². The lowest BCUT2D eigenvalue weighted by Gasteiger charge is -2.15. The van der Waals surface area contributed by atoms with Crippen LogP contribution in [-0.2, 0) is 9.47 Å². The topological polar surface area (TPSA) is 56.3 Å². The summed E-state index contributed by atoms with van der Waals surface area (Å²) in [6.07, 6.45) is 1.73. The largest absolute Gasteiger partial charge is 0.382 e. The lowest BCUT2D eigenvalue weighted by molar-refractivity contribution is 0.0365. The lowest BCUT2D eigenvalue weighted by atomic mass is 10.3. The molecule has 0 amide bonds. The summed E-state index contributed by atoms with van der Waals surface area (Å²) in [5, 5.41) is 3.19. The fourth-order valence-electron chi connectivity index (χ4n) is 1.66. The van der Waals surface area contributed by atoms with Crippen molar-refractivity contribution in [2.24, 2.45) is 0 Å². The van der Waals surface area contributed by atoms with Gasteiger partial charge in [-0.15, -0.1) is 0 Å². The third-order valence-electron chi connectivity index (χ3n) is 2.65. The maximum absolute atomic E-state index is 5.26. The maximum Gasteiger partial charge on any atom is 0.145 e. The molecule has 0 aliphatic carbocycles. The Kier molecular flexibility index (Phi) is 4.44. The van der Waals surface area contributed by atoms with E-state index in [9.17, 15) is 0 Å². The van der Waals surface area contributed by atoms with Crippen molar-refractivity contribution in [1.82, 2.24) is 9.97 Å². The molecule has 0 aliphatic heterocycles.